The molecule has 0 aliphatic carbocycles. The molecule has 0 spiro atoms. The SMILES string of the molecule is O=C(O)CC1(CC(=O)O)OC(c2ccc([N+](=O)[O-])o2)OC1=O. The maximum absolute atomic E-state index is 11.8. The lowest BCUT2D eigenvalue weighted by Gasteiger charge is -2.19. The molecular formula is C11H9NO10. The molecule has 1 unspecified atom stereocenters. The van der Waals surface area contributed by atoms with Crippen LogP contribution in [-0.2, 0) is 23.9 Å². The van der Waals surface area contributed by atoms with Crippen molar-refractivity contribution in [2.24, 2.45) is 0 Å². The van der Waals surface area contributed by atoms with Gasteiger partial charge in [-0.1, -0.05) is 0 Å². The summed E-state index contributed by atoms with van der Waals surface area (Å²) in [5.41, 5.74) is -2.22. The van der Waals surface area contributed by atoms with Crippen molar-refractivity contribution in [3.63, 3.8) is 0 Å². The van der Waals surface area contributed by atoms with Crippen LogP contribution in [0.4, 0.5) is 5.88 Å². The Bertz CT molecular complexity index is 631. The van der Waals surface area contributed by atoms with Gasteiger partial charge in [0.2, 0.25) is 0 Å². The Morgan fingerprint density at radius 3 is 2.32 bits per heavy atom. The molecule has 1 fully saturated rings. The van der Waals surface area contributed by atoms with Gasteiger partial charge in [-0.2, -0.15) is 0 Å². The minimum Gasteiger partial charge on any atom is -0.481 e. The zero-order valence-electron chi connectivity index (χ0n) is 10.8. The monoisotopic (exact) mass is 315 g/mol. The topological polar surface area (TPSA) is 166 Å². The Morgan fingerprint density at radius 2 is 1.86 bits per heavy atom. The second kappa shape index (κ2) is 5.44. The molecule has 1 aliphatic heterocycles. The summed E-state index contributed by atoms with van der Waals surface area (Å²) in [6, 6.07) is 2.09. The van der Waals surface area contributed by atoms with Crippen LogP contribution in [-0.4, -0.2) is 38.6 Å². The Morgan fingerprint density at radius 1 is 1.27 bits per heavy atom. The summed E-state index contributed by atoms with van der Waals surface area (Å²) in [6.07, 6.45) is -3.42. The normalized spacial score (nSPS) is 19.6. The number of cyclic esters (lactones) is 1. The third-order valence-electron chi connectivity index (χ3n) is 2.82. The first-order chi connectivity index (χ1) is 10.2. The maximum Gasteiger partial charge on any atom is 0.433 e. The molecule has 0 saturated carbocycles. The van der Waals surface area contributed by atoms with Crippen LogP contribution >= 0.6 is 0 Å². The van der Waals surface area contributed by atoms with Crippen LogP contribution in [0.5, 0.6) is 0 Å². The van der Waals surface area contributed by atoms with E-state index < -0.39 is 53.4 Å². The van der Waals surface area contributed by atoms with Crippen molar-refractivity contribution in [3.8, 4) is 0 Å². The molecule has 118 valence electrons. The molecule has 11 heteroatoms. The Balaban J connectivity index is 2.27. The number of carboxylic acid groups (broad SMARTS) is 2. The minimum absolute atomic E-state index is 0.252. The van der Waals surface area contributed by atoms with Crippen molar-refractivity contribution in [3.05, 3.63) is 28.0 Å². The van der Waals surface area contributed by atoms with E-state index in [2.05, 4.69) is 0 Å². The zero-order valence-corrected chi connectivity index (χ0v) is 10.8. The van der Waals surface area contributed by atoms with Crippen molar-refractivity contribution in [1.82, 2.24) is 0 Å². The van der Waals surface area contributed by atoms with Gasteiger partial charge in [0.15, 0.2) is 11.4 Å². The number of aliphatic carboxylic acids is 2. The largest absolute Gasteiger partial charge is 0.481 e. The molecule has 2 heterocycles. The lowest BCUT2D eigenvalue weighted by atomic mass is 9.96. The maximum atomic E-state index is 11.8. The summed E-state index contributed by atoms with van der Waals surface area (Å²) < 4.78 is 14.7. The molecule has 0 aromatic carbocycles. The quantitative estimate of drug-likeness (QED) is 0.427. The number of hydrogen-bond acceptors (Lipinski definition) is 8. The number of carbonyl (C=O) groups is 3. The molecule has 1 aromatic heterocycles. The number of carbonyl (C=O) groups excluding carboxylic acids is 1. The molecule has 22 heavy (non-hydrogen) atoms. The highest BCUT2D eigenvalue weighted by Crippen LogP contribution is 2.40. The first-order valence-corrected chi connectivity index (χ1v) is 5.80. The van der Waals surface area contributed by atoms with Gasteiger partial charge in [0.25, 0.3) is 6.29 Å². The third-order valence-corrected chi connectivity index (χ3v) is 2.82. The predicted molar refractivity (Wildman–Crippen MR) is 62.5 cm³/mol. The van der Waals surface area contributed by atoms with E-state index >= 15 is 0 Å². The number of esters is 1. The summed E-state index contributed by atoms with van der Waals surface area (Å²) in [4.78, 5) is 43.2. The van der Waals surface area contributed by atoms with E-state index in [1.54, 1.807) is 0 Å². The Kier molecular flexibility index (Phi) is 3.82. The fourth-order valence-electron chi connectivity index (χ4n) is 1.94. The van der Waals surface area contributed by atoms with Crippen LogP contribution in [0.1, 0.15) is 24.9 Å². The van der Waals surface area contributed by atoms with Crippen molar-refractivity contribution >= 4 is 23.8 Å². The van der Waals surface area contributed by atoms with Gasteiger partial charge in [0, 0.05) is 0 Å². The molecule has 1 atom stereocenters. The average molecular weight is 315 g/mol. The lowest BCUT2D eigenvalue weighted by Crippen LogP contribution is -2.41. The summed E-state index contributed by atoms with van der Waals surface area (Å²) in [5, 5.41) is 28.1. The Hall–Kier alpha value is -2.95. The minimum atomic E-state index is -2.22. The van der Waals surface area contributed by atoms with Gasteiger partial charge in [-0.3, -0.25) is 19.7 Å². The number of nitro groups is 1. The molecule has 1 aromatic rings. The predicted octanol–water partition coefficient (Wildman–Crippen LogP) is 0.448. The van der Waals surface area contributed by atoms with Gasteiger partial charge in [-0.05, 0) is 6.07 Å². The number of furan rings is 1. The van der Waals surface area contributed by atoms with Crippen LogP contribution < -0.4 is 0 Å². The molecule has 1 saturated heterocycles. The summed E-state index contributed by atoms with van der Waals surface area (Å²) >= 11 is 0. The molecule has 1 aliphatic rings. The van der Waals surface area contributed by atoms with Crippen LogP contribution in [0.3, 0.4) is 0 Å². The van der Waals surface area contributed by atoms with E-state index in [0.717, 1.165) is 12.1 Å². The molecule has 0 amide bonds. The summed E-state index contributed by atoms with van der Waals surface area (Å²) in [6.45, 7) is 0. The number of hydrogen-bond donors (Lipinski definition) is 2. The summed E-state index contributed by atoms with van der Waals surface area (Å²) in [5.74, 6) is -5.02. The average Bonchev–Trinajstić information content (AvgIpc) is 2.94. The second-order valence-electron chi connectivity index (χ2n) is 4.42. The number of nitrogens with zero attached hydrogens (tertiary/aromatic N) is 1. The van der Waals surface area contributed by atoms with Gasteiger partial charge >= 0.3 is 23.8 Å². The third kappa shape index (κ3) is 2.88. The molecule has 2 N–H and O–H groups in total. The molecular weight excluding hydrogens is 306 g/mol. The fraction of sp³-hybridized carbons (Fsp3) is 0.364. The number of carboxylic acids is 2. The summed E-state index contributed by atoms with van der Waals surface area (Å²) in [7, 11) is 0. The first kappa shape index (κ1) is 15.4. The lowest BCUT2D eigenvalue weighted by molar-refractivity contribution is -0.402. The van der Waals surface area contributed by atoms with Crippen molar-refractivity contribution < 1.29 is 43.4 Å². The highest BCUT2D eigenvalue weighted by atomic mass is 16.8. The number of ether oxygens (including phenoxy) is 2. The highest BCUT2D eigenvalue weighted by Gasteiger charge is 2.54. The van der Waals surface area contributed by atoms with Gasteiger partial charge in [0.1, 0.15) is 4.92 Å². The molecule has 0 radical (unpaired) electrons. The van der Waals surface area contributed by atoms with Gasteiger partial charge in [0.05, 0.1) is 18.9 Å². The zero-order chi connectivity index (χ0) is 16.5. The van der Waals surface area contributed by atoms with Crippen LogP contribution in [0.15, 0.2) is 16.5 Å². The fourth-order valence-corrected chi connectivity index (χ4v) is 1.94. The first-order valence-electron chi connectivity index (χ1n) is 5.80. The van der Waals surface area contributed by atoms with E-state index in [1.807, 2.05) is 0 Å². The second-order valence-corrected chi connectivity index (χ2v) is 4.42. The van der Waals surface area contributed by atoms with Crippen LogP contribution in [0.25, 0.3) is 0 Å². The molecule has 0 bridgehead atoms. The van der Waals surface area contributed by atoms with Gasteiger partial charge in [-0.15, -0.1) is 0 Å². The van der Waals surface area contributed by atoms with Crippen molar-refractivity contribution in [2.75, 3.05) is 0 Å². The van der Waals surface area contributed by atoms with E-state index in [0.29, 0.717) is 0 Å². The molecule has 2 rings (SSSR count). The smallest absolute Gasteiger partial charge is 0.433 e. The highest BCUT2D eigenvalue weighted by molar-refractivity contribution is 5.90. The standard InChI is InChI=1S/C11H9NO10/c13-7(14)3-11(4-8(15)16)10(17)21-9(22-11)5-1-2-6(20-5)12(18)19/h1-2,9H,3-4H2,(H,13,14)(H,15,16). The van der Waals surface area contributed by atoms with Crippen LogP contribution in [0.2, 0.25) is 0 Å². The van der Waals surface area contributed by atoms with E-state index in [4.69, 9.17) is 24.1 Å². The Labute approximate surface area is 121 Å². The van der Waals surface area contributed by atoms with Gasteiger partial charge in [-0.25, -0.2) is 4.79 Å². The van der Waals surface area contributed by atoms with E-state index in [1.165, 1.54) is 0 Å². The molecule has 11 nitrogen and oxygen atoms in total. The van der Waals surface area contributed by atoms with E-state index in [9.17, 15) is 24.5 Å². The van der Waals surface area contributed by atoms with Gasteiger partial charge < -0.3 is 24.1 Å². The van der Waals surface area contributed by atoms with Crippen molar-refractivity contribution in [2.45, 2.75) is 24.7 Å². The number of rotatable bonds is 6. The van der Waals surface area contributed by atoms with E-state index in [-0.39, 0.29) is 5.76 Å². The van der Waals surface area contributed by atoms with Crippen molar-refractivity contribution in [1.29, 1.82) is 0 Å². The van der Waals surface area contributed by atoms with Crippen LogP contribution in [0, 0.1) is 10.1 Å².